The number of nitrogens with zero attached hydrogens (tertiary/aromatic N) is 2. The number of imide groups is 1. The Morgan fingerprint density at radius 2 is 1.76 bits per heavy atom. The van der Waals surface area contributed by atoms with E-state index in [1.165, 1.54) is 10.5 Å². The summed E-state index contributed by atoms with van der Waals surface area (Å²) in [6.45, 7) is 6.00. The van der Waals surface area contributed by atoms with Crippen LogP contribution in [0.3, 0.4) is 0 Å². The van der Waals surface area contributed by atoms with Gasteiger partial charge < -0.3 is 9.72 Å². The van der Waals surface area contributed by atoms with Crippen LogP contribution >= 0.6 is 0 Å². The molecule has 0 spiro atoms. The quantitative estimate of drug-likeness (QED) is 0.674. The molecule has 1 N–H and O–H groups in total. The van der Waals surface area contributed by atoms with Crippen molar-refractivity contribution in [1.29, 1.82) is 0 Å². The Labute approximate surface area is 169 Å². The van der Waals surface area contributed by atoms with Gasteiger partial charge in [0.15, 0.2) is 0 Å². The monoisotopic (exact) mass is 391 g/mol. The van der Waals surface area contributed by atoms with Crippen LogP contribution < -0.4 is 4.74 Å². The van der Waals surface area contributed by atoms with Gasteiger partial charge in [-0.3, -0.25) is 19.4 Å². The third-order valence-electron chi connectivity index (χ3n) is 6.48. The van der Waals surface area contributed by atoms with Gasteiger partial charge in [-0.1, -0.05) is 19.9 Å². The number of carbonyl (C=O) groups excluding carboxylic acids is 2. The molecule has 0 fully saturated rings. The molecule has 0 saturated carbocycles. The summed E-state index contributed by atoms with van der Waals surface area (Å²) in [5.41, 5.74) is 5.33. The standard InChI is InChI=1S/C23H25N3O3/c1-4-25(5-2)12-26-22(27)17-13-8-6-9-14(13)21-19(20(17)23(26)28)18-15(24-21)10-7-11-16(18)29-3/h7,10-11,24H,4-6,8-9,12H2,1-3H3. The molecule has 2 amide bonds. The molecule has 0 unspecified atom stereocenters. The summed E-state index contributed by atoms with van der Waals surface area (Å²) < 4.78 is 5.62. The SMILES string of the molecule is CCN(CC)CN1C(=O)c2c3c(c4[nH]c5cccc(OC)c5c4c2C1=O)CCC3. The summed E-state index contributed by atoms with van der Waals surface area (Å²) in [6, 6.07) is 5.85. The molecule has 150 valence electrons. The van der Waals surface area contributed by atoms with Crippen molar-refractivity contribution in [3.8, 4) is 5.75 Å². The van der Waals surface area contributed by atoms with Crippen LogP contribution in [-0.4, -0.2) is 53.5 Å². The van der Waals surface area contributed by atoms with Gasteiger partial charge in [-0.2, -0.15) is 0 Å². The molecule has 29 heavy (non-hydrogen) atoms. The van der Waals surface area contributed by atoms with Crippen LogP contribution in [0.5, 0.6) is 5.75 Å². The maximum atomic E-state index is 13.6. The summed E-state index contributed by atoms with van der Waals surface area (Å²) in [4.78, 5) is 34.0. The molecule has 1 aromatic heterocycles. The van der Waals surface area contributed by atoms with E-state index in [0.29, 0.717) is 17.8 Å². The number of ether oxygens (including phenoxy) is 1. The van der Waals surface area contributed by atoms with Gasteiger partial charge in [0, 0.05) is 5.39 Å². The highest BCUT2D eigenvalue weighted by Gasteiger charge is 2.42. The smallest absolute Gasteiger partial charge is 0.263 e. The van der Waals surface area contributed by atoms with Gasteiger partial charge in [0.2, 0.25) is 0 Å². The first-order chi connectivity index (χ1) is 14.1. The topological polar surface area (TPSA) is 65.6 Å². The Bertz CT molecular complexity index is 1170. The van der Waals surface area contributed by atoms with Crippen molar-refractivity contribution in [2.45, 2.75) is 33.1 Å². The zero-order chi connectivity index (χ0) is 20.3. The van der Waals surface area contributed by atoms with Crippen LogP contribution in [0.1, 0.15) is 52.1 Å². The number of H-pyrrole nitrogens is 1. The van der Waals surface area contributed by atoms with E-state index in [1.807, 2.05) is 32.0 Å². The second-order valence-electron chi connectivity index (χ2n) is 7.80. The number of hydrogen-bond acceptors (Lipinski definition) is 4. The molecule has 2 heterocycles. The lowest BCUT2D eigenvalue weighted by atomic mass is 9.93. The normalized spacial score (nSPS) is 15.8. The summed E-state index contributed by atoms with van der Waals surface area (Å²) in [5.74, 6) is 0.376. The predicted octanol–water partition coefficient (Wildman–Crippen LogP) is 3.71. The van der Waals surface area contributed by atoms with Crippen LogP contribution in [0.4, 0.5) is 0 Å². The maximum Gasteiger partial charge on any atom is 0.263 e. The van der Waals surface area contributed by atoms with Crippen molar-refractivity contribution in [2.24, 2.45) is 0 Å². The third kappa shape index (κ3) is 2.38. The number of aryl methyl sites for hydroxylation is 1. The van der Waals surface area contributed by atoms with Crippen molar-refractivity contribution in [3.63, 3.8) is 0 Å². The number of aromatic amines is 1. The fourth-order valence-electron chi connectivity index (χ4n) is 5.00. The van der Waals surface area contributed by atoms with E-state index in [0.717, 1.165) is 65.5 Å². The summed E-state index contributed by atoms with van der Waals surface area (Å²) >= 11 is 0. The number of methoxy groups -OCH3 is 1. The highest BCUT2D eigenvalue weighted by Crippen LogP contribution is 2.45. The maximum absolute atomic E-state index is 13.6. The second-order valence-corrected chi connectivity index (χ2v) is 7.80. The summed E-state index contributed by atoms with van der Waals surface area (Å²) in [6.07, 6.45) is 2.77. The Morgan fingerprint density at radius 1 is 1.03 bits per heavy atom. The molecule has 6 heteroatoms. The average Bonchev–Trinajstić information content (AvgIpc) is 3.42. The van der Waals surface area contributed by atoms with Gasteiger partial charge in [0.25, 0.3) is 11.8 Å². The average molecular weight is 391 g/mol. The lowest BCUT2D eigenvalue weighted by molar-refractivity contribution is 0.0552. The largest absolute Gasteiger partial charge is 0.496 e. The van der Waals surface area contributed by atoms with Crippen molar-refractivity contribution < 1.29 is 14.3 Å². The molecule has 1 aliphatic heterocycles. The Morgan fingerprint density at radius 3 is 2.48 bits per heavy atom. The highest BCUT2D eigenvalue weighted by molar-refractivity contribution is 6.31. The summed E-state index contributed by atoms with van der Waals surface area (Å²) in [5, 5.41) is 1.73. The van der Waals surface area contributed by atoms with E-state index >= 15 is 0 Å². The molecule has 0 saturated heterocycles. The second kappa shape index (κ2) is 6.59. The molecule has 2 aliphatic rings. The van der Waals surface area contributed by atoms with E-state index in [1.54, 1.807) is 7.11 Å². The zero-order valence-corrected chi connectivity index (χ0v) is 17.1. The van der Waals surface area contributed by atoms with Crippen LogP contribution in [-0.2, 0) is 12.8 Å². The first-order valence-electron chi connectivity index (χ1n) is 10.3. The Hall–Kier alpha value is -2.86. The van der Waals surface area contributed by atoms with Crippen LogP contribution in [0, 0.1) is 0 Å². The molecular weight excluding hydrogens is 366 g/mol. The Balaban J connectivity index is 1.83. The van der Waals surface area contributed by atoms with E-state index in [9.17, 15) is 9.59 Å². The molecular formula is C23H25N3O3. The number of rotatable bonds is 5. The predicted molar refractivity (Wildman–Crippen MR) is 113 cm³/mol. The molecule has 0 atom stereocenters. The highest BCUT2D eigenvalue weighted by atomic mass is 16.5. The number of hydrogen-bond donors (Lipinski definition) is 1. The number of amides is 2. The van der Waals surface area contributed by atoms with Crippen molar-refractivity contribution in [3.05, 3.63) is 40.5 Å². The van der Waals surface area contributed by atoms with E-state index in [2.05, 4.69) is 9.88 Å². The van der Waals surface area contributed by atoms with Gasteiger partial charge in [-0.25, -0.2) is 0 Å². The minimum Gasteiger partial charge on any atom is -0.496 e. The lowest BCUT2D eigenvalue weighted by Crippen LogP contribution is -2.41. The number of nitrogens with one attached hydrogen (secondary N) is 1. The molecule has 1 aliphatic carbocycles. The minimum atomic E-state index is -0.191. The molecule has 6 nitrogen and oxygen atoms in total. The fourth-order valence-corrected chi connectivity index (χ4v) is 5.00. The van der Waals surface area contributed by atoms with Crippen LogP contribution in [0.2, 0.25) is 0 Å². The van der Waals surface area contributed by atoms with Gasteiger partial charge >= 0.3 is 0 Å². The minimum absolute atomic E-state index is 0.152. The van der Waals surface area contributed by atoms with E-state index in [-0.39, 0.29) is 11.8 Å². The first-order valence-corrected chi connectivity index (χ1v) is 10.3. The van der Waals surface area contributed by atoms with Gasteiger partial charge in [0.05, 0.1) is 41.3 Å². The number of fused-ring (bicyclic) bond motifs is 8. The van der Waals surface area contributed by atoms with Crippen molar-refractivity contribution >= 4 is 33.6 Å². The lowest BCUT2D eigenvalue weighted by Gasteiger charge is -2.24. The van der Waals surface area contributed by atoms with E-state index < -0.39 is 0 Å². The number of aromatic nitrogens is 1. The molecule has 0 radical (unpaired) electrons. The molecule has 5 rings (SSSR count). The van der Waals surface area contributed by atoms with Gasteiger partial charge in [-0.05, 0) is 55.6 Å². The van der Waals surface area contributed by atoms with Crippen molar-refractivity contribution in [2.75, 3.05) is 26.9 Å². The number of benzene rings is 2. The van der Waals surface area contributed by atoms with Gasteiger partial charge in [-0.15, -0.1) is 0 Å². The fraction of sp³-hybridized carbons (Fsp3) is 0.391. The zero-order valence-electron chi connectivity index (χ0n) is 17.1. The Kier molecular flexibility index (Phi) is 4.13. The number of carbonyl (C=O) groups is 2. The molecule has 3 aromatic rings. The summed E-state index contributed by atoms with van der Waals surface area (Å²) in [7, 11) is 1.64. The van der Waals surface area contributed by atoms with Crippen LogP contribution in [0.25, 0.3) is 21.8 Å². The van der Waals surface area contributed by atoms with Crippen molar-refractivity contribution in [1.82, 2.24) is 14.8 Å². The molecule has 2 aromatic carbocycles. The third-order valence-corrected chi connectivity index (χ3v) is 6.48. The van der Waals surface area contributed by atoms with E-state index in [4.69, 9.17) is 4.74 Å². The van der Waals surface area contributed by atoms with Gasteiger partial charge in [0.1, 0.15) is 5.75 Å². The molecule has 0 bridgehead atoms. The first kappa shape index (κ1) is 18.2. The van der Waals surface area contributed by atoms with Crippen LogP contribution in [0.15, 0.2) is 18.2 Å².